The van der Waals surface area contributed by atoms with E-state index in [2.05, 4.69) is 27.5 Å². The Hall–Kier alpha value is -1.94. The third-order valence-corrected chi connectivity index (χ3v) is 5.69. The molecule has 1 atom stereocenters. The van der Waals surface area contributed by atoms with E-state index in [-0.39, 0.29) is 5.92 Å². The molecule has 4 aliphatic rings. The van der Waals surface area contributed by atoms with E-state index in [0.29, 0.717) is 5.92 Å². The molecule has 4 nitrogen and oxygen atoms in total. The largest absolute Gasteiger partial charge is 0.373 e. The Morgan fingerprint density at radius 2 is 1.96 bits per heavy atom. The summed E-state index contributed by atoms with van der Waals surface area (Å²) in [4.78, 5) is 2.54. The number of aromatic nitrogens is 1. The molecule has 4 aliphatic heterocycles. The van der Waals surface area contributed by atoms with Crippen molar-refractivity contribution in [2.24, 2.45) is 5.92 Å². The fourth-order valence-corrected chi connectivity index (χ4v) is 4.46. The Balaban J connectivity index is 1.74. The first-order valence-electron chi connectivity index (χ1n) is 8.20. The molecule has 0 amide bonds. The predicted octanol–water partition coefficient (Wildman–Crippen LogP) is 4.13. The molecule has 1 fully saturated rings. The molecule has 0 saturated carbocycles. The van der Waals surface area contributed by atoms with Crippen LogP contribution < -0.4 is 5.32 Å². The van der Waals surface area contributed by atoms with E-state index < -0.39 is 0 Å². The summed E-state index contributed by atoms with van der Waals surface area (Å²) in [6.45, 7) is 4.32. The van der Waals surface area contributed by atoms with Gasteiger partial charge in [-0.2, -0.15) is 0 Å². The lowest BCUT2D eigenvalue weighted by Gasteiger charge is -2.48. The van der Waals surface area contributed by atoms with Crippen molar-refractivity contribution in [3.05, 3.63) is 57.5 Å². The quantitative estimate of drug-likeness (QED) is 0.855. The normalized spacial score (nSPS) is 22.9. The summed E-state index contributed by atoms with van der Waals surface area (Å²) in [6.07, 6.45) is 2.45. The van der Waals surface area contributed by atoms with Crippen LogP contribution in [-0.2, 0) is 0 Å². The van der Waals surface area contributed by atoms with Crippen LogP contribution in [0.5, 0.6) is 0 Å². The highest BCUT2D eigenvalue weighted by atomic mass is 35.5. The molecular formula is C18H18ClN3O. The minimum Gasteiger partial charge on any atom is -0.373 e. The lowest BCUT2D eigenvalue weighted by Crippen LogP contribution is -2.45. The Kier molecular flexibility index (Phi) is 2.80. The molecule has 118 valence electrons. The lowest BCUT2D eigenvalue weighted by atomic mass is 9.76. The first kappa shape index (κ1) is 13.5. The maximum atomic E-state index is 6.10. The van der Waals surface area contributed by atoms with Gasteiger partial charge < -0.3 is 14.7 Å². The van der Waals surface area contributed by atoms with E-state index in [1.54, 1.807) is 0 Å². The van der Waals surface area contributed by atoms with Crippen LogP contribution in [0.25, 0.3) is 0 Å². The number of piperidine rings is 1. The smallest absolute Gasteiger partial charge is 0.233 e. The molecule has 2 bridgehead atoms. The highest BCUT2D eigenvalue weighted by molar-refractivity contribution is 6.30. The van der Waals surface area contributed by atoms with Crippen molar-refractivity contribution in [2.45, 2.75) is 25.7 Å². The maximum Gasteiger partial charge on any atom is 0.233 e. The average Bonchev–Trinajstić information content (AvgIpc) is 2.96. The summed E-state index contributed by atoms with van der Waals surface area (Å²) in [5.41, 5.74) is 6.13. The van der Waals surface area contributed by atoms with Crippen LogP contribution in [0, 0.1) is 12.8 Å². The van der Waals surface area contributed by atoms with Crippen LogP contribution in [0.3, 0.4) is 0 Å². The zero-order valence-electron chi connectivity index (χ0n) is 13.0. The number of nitrogens with one attached hydrogen (secondary N) is 1. The summed E-state index contributed by atoms with van der Waals surface area (Å²) in [5, 5.41) is 8.52. The van der Waals surface area contributed by atoms with Gasteiger partial charge in [0.05, 0.1) is 17.2 Å². The number of nitrogens with zero attached hydrogens (tertiary/aromatic N) is 2. The number of hydrogen-bond acceptors (Lipinski definition) is 4. The summed E-state index contributed by atoms with van der Waals surface area (Å²) in [6, 6.07) is 8.20. The minimum atomic E-state index is 0.188. The molecule has 0 spiro atoms. The number of fused-ring (bicyclic) bond motifs is 3. The second-order valence-corrected chi connectivity index (χ2v) is 7.12. The standard InChI is InChI=1S/C18H18ClN3O/c1-10-14-15(11-2-4-13(19)5-3-11)17-16(20-18(14)23-21-10)12-6-8-22(17)9-7-12/h2-5,12,15,20H,6-9H2,1H3. The zero-order valence-corrected chi connectivity index (χ0v) is 13.7. The highest BCUT2D eigenvalue weighted by Gasteiger charge is 2.43. The number of hydrogen-bond donors (Lipinski definition) is 1. The molecule has 6 rings (SSSR count). The highest BCUT2D eigenvalue weighted by Crippen LogP contribution is 2.50. The fourth-order valence-electron chi connectivity index (χ4n) is 4.34. The van der Waals surface area contributed by atoms with E-state index in [1.807, 2.05) is 19.1 Å². The first-order chi connectivity index (χ1) is 11.2. The second-order valence-electron chi connectivity index (χ2n) is 6.68. The van der Waals surface area contributed by atoms with Gasteiger partial charge >= 0.3 is 0 Å². The van der Waals surface area contributed by atoms with Crippen molar-refractivity contribution >= 4 is 17.5 Å². The third-order valence-electron chi connectivity index (χ3n) is 5.44. The molecule has 0 aliphatic carbocycles. The number of aryl methyl sites for hydroxylation is 1. The van der Waals surface area contributed by atoms with Crippen LogP contribution in [0.4, 0.5) is 5.88 Å². The Labute approximate surface area is 140 Å². The van der Waals surface area contributed by atoms with Gasteiger partial charge in [0.1, 0.15) is 0 Å². The topological polar surface area (TPSA) is 41.3 Å². The van der Waals surface area contributed by atoms with E-state index in [9.17, 15) is 0 Å². The summed E-state index contributed by atoms with van der Waals surface area (Å²) >= 11 is 6.10. The number of allylic oxidation sites excluding steroid dienone is 2. The van der Waals surface area contributed by atoms with Crippen LogP contribution in [0.2, 0.25) is 5.02 Å². The van der Waals surface area contributed by atoms with E-state index >= 15 is 0 Å². The summed E-state index contributed by atoms with van der Waals surface area (Å²) in [5.74, 6) is 1.62. The SMILES string of the molecule is Cc1noc2c1C(c1ccc(Cl)cc1)C1=C(N2)C2CCN1CC2. The van der Waals surface area contributed by atoms with E-state index in [4.69, 9.17) is 16.1 Å². The molecule has 2 aromatic rings. The number of halogens is 1. The molecule has 1 unspecified atom stereocenters. The summed E-state index contributed by atoms with van der Waals surface area (Å²) in [7, 11) is 0. The maximum absolute atomic E-state index is 6.10. The lowest BCUT2D eigenvalue weighted by molar-refractivity contribution is 0.196. The van der Waals surface area contributed by atoms with E-state index in [1.165, 1.54) is 35.4 Å². The van der Waals surface area contributed by atoms with Crippen molar-refractivity contribution in [1.29, 1.82) is 0 Å². The van der Waals surface area contributed by atoms with E-state index in [0.717, 1.165) is 29.7 Å². The van der Waals surface area contributed by atoms with Gasteiger partial charge in [0.15, 0.2) is 0 Å². The van der Waals surface area contributed by atoms with Crippen molar-refractivity contribution in [3.8, 4) is 0 Å². The van der Waals surface area contributed by atoms with Crippen molar-refractivity contribution in [1.82, 2.24) is 10.1 Å². The predicted molar refractivity (Wildman–Crippen MR) is 89.5 cm³/mol. The summed E-state index contributed by atoms with van der Waals surface area (Å²) < 4.78 is 5.58. The Morgan fingerprint density at radius 3 is 2.70 bits per heavy atom. The van der Waals surface area contributed by atoms with Gasteiger partial charge in [-0.1, -0.05) is 28.9 Å². The molecule has 5 heteroatoms. The van der Waals surface area contributed by atoms with Crippen molar-refractivity contribution in [3.63, 3.8) is 0 Å². The van der Waals surface area contributed by atoms with Crippen LogP contribution >= 0.6 is 11.6 Å². The minimum absolute atomic E-state index is 0.188. The molecule has 23 heavy (non-hydrogen) atoms. The van der Waals surface area contributed by atoms with Crippen LogP contribution in [0.15, 0.2) is 40.2 Å². The number of benzene rings is 1. The average molecular weight is 328 g/mol. The molecule has 1 aromatic carbocycles. The van der Waals surface area contributed by atoms with Gasteiger partial charge in [-0.05, 0) is 37.5 Å². The zero-order chi connectivity index (χ0) is 15.6. The molecule has 1 saturated heterocycles. The van der Waals surface area contributed by atoms with Gasteiger partial charge in [-0.15, -0.1) is 0 Å². The Bertz CT molecular complexity index is 800. The monoisotopic (exact) mass is 327 g/mol. The van der Waals surface area contributed by atoms with Gasteiger partial charge in [0, 0.05) is 35.4 Å². The van der Waals surface area contributed by atoms with Crippen LogP contribution in [0.1, 0.15) is 35.6 Å². The van der Waals surface area contributed by atoms with Crippen molar-refractivity contribution in [2.75, 3.05) is 18.4 Å². The first-order valence-corrected chi connectivity index (χ1v) is 8.58. The van der Waals surface area contributed by atoms with Gasteiger partial charge in [0.25, 0.3) is 0 Å². The van der Waals surface area contributed by atoms with Gasteiger partial charge in [-0.25, -0.2) is 0 Å². The molecule has 5 heterocycles. The number of anilines is 1. The second kappa shape index (κ2) is 4.78. The molecule has 1 aromatic heterocycles. The third kappa shape index (κ3) is 1.88. The molecule has 0 radical (unpaired) electrons. The Morgan fingerprint density at radius 1 is 1.22 bits per heavy atom. The molecular weight excluding hydrogens is 310 g/mol. The van der Waals surface area contributed by atoms with Gasteiger partial charge in [0.2, 0.25) is 5.88 Å². The number of rotatable bonds is 1. The fraction of sp³-hybridized carbons (Fsp3) is 0.389. The van der Waals surface area contributed by atoms with Crippen LogP contribution in [-0.4, -0.2) is 23.1 Å². The van der Waals surface area contributed by atoms with Crippen molar-refractivity contribution < 1.29 is 4.52 Å². The molecule has 1 N–H and O–H groups in total. The van der Waals surface area contributed by atoms with Gasteiger partial charge in [-0.3, -0.25) is 0 Å².